The van der Waals surface area contributed by atoms with Crippen molar-refractivity contribution in [2.24, 2.45) is 0 Å². The highest BCUT2D eigenvalue weighted by Crippen LogP contribution is 2.22. The third kappa shape index (κ3) is 5.02. The monoisotopic (exact) mass is 366 g/mol. The van der Waals surface area contributed by atoms with Gasteiger partial charge in [0.2, 0.25) is 5.91 Å². The number of nitrogens with one attached hydrogen (secondary N) is 1. The zero-order chi connectivity index (χ0) is 18.8. The number of hydrogen-bond donors (Lipinski definition) is 1. The zero-order valence-corrected chi connectivity index (χ0v) is 14.4. The van der Waals surface area contributed by atoms with Gasteiger partial charge in [-0.3, -0.25) is 4.79 Å². The fourth-order valence-electron chi connectivity index (χ4n) is 2.38. The first-order valence-corrected chi connectivity index (χ1v) is 8.28. The highest BCUT2D eigenvalue weighted by molar-refractivity contribution is 6.03. The van der Waals surface area contributed by atoms with E-state index in [2.05, 4.69) is 15.4 Å². The van der Waals surface area contributed by atoms with Crippen LogP contribution in [0.25, 0.3) is 16.4 Å². The van der Waals surface area contributed by atoms with E-state index in [0.717, 1.165) is 27.8 Å². The summed E-state index contributed by atoms with van der Waals surface area (Å²) < 4.78 is 35.7. The number of carbonyl (C=O) groups is 1. The van der Waals surface area contributed by atoms with Gasteiger partial charge < -0.3 is 5.32 Å². The van der Waals surface area contributed by atoms with Gasteiger partial charge in [0.1, 0.15) is 5.69 Å². The van der Waals surface area contributed by atoms with Crippen LogP contribution in [0.5, 0.6) is 0 Å². The van der Waals surface area contributed by atoms with Crippen molar-refractivity contribution in [3.8, 4) is 0 Å². The molecule has 1 N–H and O–H groups in total. The Morgan fingerprint density at radius 1 is 1.12 bits per heavy atom. The predicted octanol–water partition coefficient (Wildman–Crippen LogP) is -2.81. The number of benzene rings is 1. The molecule has 0 radical (unpaired) electrons. The normalized spacial score (nSPS) is 11.2. The van der Waals surface area contributed by atoms with Gasteiger partial charge in [0.15, 0.2) is 11.5 Å². The molecule has 0 unspecified atom stereocenters. The Morgan fingerprint density at radius 2 is 1.68 bits per heavy atom. The van der Waals surface area contributed by atoms with Crippen LogP contribution in [0.3, 0.4) is 0 Å². The average Bonchev–Trinajstić information content (AvgIpc) is 2.46. The minimum Gasteiger partial charge on any atom is -0.307 e. The molecular weight excluding hydrogens is 352 g/mol. The second-order valence-corrected chi connectivity index (χ2v) is 5.98. The Bertz CT molecular complexity index is 936. The molecule has 25 heavy (non-hydrogen) atoms. The largest absolute Gasteiger partial charge is 0.356 e. The second-order valence-electron chi connectivity index (χ2n) is 5.23. The van der Waals surface area contributed by atoms with Gasteiger partial charge in [0.05, 0.1) is 5.39 Å². The van der Waals surface area contributed by atoms with Gasteiger partial charge in [0, 0.05) is 32.2 Å². The molecule has 2 heterocycles. The van der Waals surface area contributed by atoms with Crippen molar-refractivity contribution in [1.82, 2.24) is 10.1 Å². The van der Waals surface area contributed by atoms with Gasteiger partial charge in [0.25, 0.3) is 0 Å². The summed E-state index contributed by atoms with van der Waals surface area (Å²) in [6.07, 6.45) is 0. The van der Waals surface area contributed by atoms with Crippen LogP contribution in [0.1, 0.15) is 18.3 Å². The van der Waals surface area contributed by atoms with Crippen molar-refractivity contribution >= 4 is 28.1 Å². The highest BCUT2D eigenvalue weighted by atomic mass is 35.7. The minimum atomic E-state index is -4.94. The van der Waals surface area contributed by atoms with E-state index in [0.29, 0.717) is 5.82 Å². The van der Waals surface area contributed by atoms with Crippen LogP contribution < -0.4 is 28.5 Å². The number of aryl methyl sites for hydroxylation is 2. The van der Waals surface area contributed by atoms with Crippen LogP contribution in [-0.2, 0) is 4.79 Å². The lowest BCUT2D eigenvalue weighted by Crippen LogP contribution is -2.68. The first-order chi connectivity index (χ1) is 11.6. The van der Waals surface area contributed by atoms with Gasteiger partial charge >= 0.3 is 5.65 Å². The Balaban J connectivity index is 0.000000399. The lowest BCUT2D eigenvalue weighted by Gasteiger charge is -2.17. The molecule has 9 nitrogen and oxygen atoms in total. The maximum atomic E-state index is 11.4. The lowest BCUT2D eigenvalue weighted by molar-refractivity contribution is -2.00. The van der Waals surface area contributed by atoms with E-state index in [1.54, 1.807) is 4.52 Å². The molecule has 0 saturated carbocycles. The first-order valence-electron chi connectivity index (χ1n) is 7.04. The van der Waals surface area contributed by atoms with E-state index >= 15 is 0 Å². The highest BCUT2D eigenvalue weighted by Gasteiger charge is 2.18. The molecule has 0 saturated heterocycles. The summed E-state index contributed by atoms with van der Waals surface area (Å²) in [5.74, 6) is 0.416. The van der Waals surface area contributed by atoms with E-state index in [-0.39, 0.29) is 5.91 Å². The number of nitrogens with zero attached hydrogens (tertiary/aromatic N) is 3. The Kier molecular flexibility index (Phi) is 5.45. The Morgan fingerprint density at radius 3 is 2.24 bits per heavy atom. The van der Waals surface area contributed by atoms with Crippen molar-refractivity contribution < 1.29 is 38.2 Å². The molecule has 1 aromatic carbocycles. The van der Waals surface area contributed by atoms with E-state index in [9.17, 15) is 4.79 Å². The summed E-state index contributed by atoms with van der Waals surface area (Å²) in [6.45, 7) is 5.41. The van der Waals surface area contributed by atoms with Crippen molar-refractivity contribution in [2.75, 3.05) is 5.32 Å². The second kappa shape index (κ2) is 7.21. The summed E-state index contributed by atoms with van der Waals surface area (Å²) in [5.41, 5.74) is 2.72. The molecule has 0 aliphatic rings. The molecular formula is C15H15ClN4O5. The molecule has 10 heteroatoms. The number of aromatic nitrogens is 3. The van der Waals surface area contributed by atoms with Crippen LogP contribution in [0.15, 0.2) is 30.3 Å². The van der Waals surface area contributed by atoms with Gasteiger partial charge in [-0.2, -0.15) is 0 Å². The third-order valence-electron chi connectivity index (χ3n) is 3.15. The van der Waals surface area contributed by atoms with Crippen molar-refractivity contribution in [2.45, 2.75) is 20.8 Å². The topological polar surface area (TPSA) is 151 Å². The molecule has 0 aliphatic carbocycles. The molecule has 0 aliphatic heterocycles. The summed E-state index contributed by atoms with van der Waals surface area (Å²) >= 11 is 0. The third-order valence-corrected chi connectivity index (χ3v) is 3.15. The number of anilines is 1. The van der Waals surface area contributed by atoms with Gasteiger partial charge in [-0.1, -0.05) is 27.8 Å². The van der Waals surface area contributed by atoms with E-state index in [1.165, 1.54) is 6.92 Å². The lowest BCUT2D eigenvalue weighted by atomic mass is 10.1. The summed E-state index contributed by atoms with van der Waals surface area (Å²) in [4.78, 5) is 15.9. The first kappa shape index (κ1) is 18.9. The predicted molar refractivity (Wildman–Crippen MR) is 76.5 cm³/mol. The van der Waals surface area contributed by atoms with Gasteiger partial charge in [-0.05, 0) is 11.1 Å². The van der Waals surface area contributed by atoms with Crippen molar-refractivity contribution in [1.29, 1.82) is 0 Å². The number of hydrogen-bond acceptors (Lipinski definition) is 7. The molecule has 2 aromatic heterocycles. The number of carbonyl (C=O) groups excluding carboxylic acids is 1. The SMILES string of the molecule is CC(=O)Nc1n[n+]2c(C)cc(C)nc2c2ccccc12.[O-][Cl+3]([O-])([O-])[O-]. The number of halogens is 1. The maximum Gasteiger partial charge on any atom is 0.356 e. The molecule has 0 spiro atoms. The van der Waals surface area contributed by atoms with E-state index in [4.69, 9.17) is 18.6 Å². The maximum absolute atomic E-state index is 11.4. The zero-order valence-electron chi connectivity index (χ0n) is 13.6. The fourth-order valence-corrected chi connectivity index (χ4v) is 2.38. The van der Waals surface area contributed by atoms with Gasteiger partial charge in [-0.25, -0.2) is 18.6 Å². The molecule has 0 fully saturated rings. The van der Waals surface area contributed by atoms with E-state index in [1.807, 2.05) is 44.2 Å². The summed E-state index contributed by atoms with van der Waals surface area (Å²) in [7, 11) is -4.94. The number of amides is 1. The van der Waals surface area contributed by atoms with E-state index < -0.39 is 10.2 Å². The average molecular weight is 367 g/mol. The quantitative estimate of drug-likeness (QED) is 0.360. The molecule has 1 amide bonds. The van der Waals surface area contributed by atoms with Crippen molar-refractivity contribution in [3.63, 3.8) is 0 Å². The molecule has 0 atom stereocenters. The van der Waals surface area contributed by atoms with Gasteiger partial charge in [-0.15, -0.1) is 10.2 Å². The molecule has 0 bridgehead atoms. The van der Waals surface area contributed by atoms with Crippen LogP contribution in [-0.4, -0.2) is 16.0 Å². The van der Waals surface area contributed by atoms with Crippen molar-refractivity contribution in [3.05, 3.63) is 41.7 Å². The Labute approximate surface area is 144 Å². The fraction of sp³-hybridized carbons (Fsp3) is 0.200. The smallest absolute Gasteiger partial charge is 0.307 e. The van der Waals surface area contributed by atoms with Crippen LogP contribution in [0.2, 0.25) is 0 Å². The number of rotatable bonds is 1. The summed E-state index contributed by atoms with van der Waals surface area (Å²) in [5, 5.41) is 9.15. The molecule has 3 aromatic rings. The van der Waals surface area contributed by atoms with Crippen LogP contribution >= 0.6 is 0 Å². The molecule has 3 rings (SSSR count). The standard InChI is InChI=1S/C15H14N4O.ClHO4/c1-9-8-10(2)19-15(16-9)13-7-5-4-6-12(13)14(18-19)17-11(3)20;2-1(3,4)5/h4-8H,1-3H3;(H,2,3,4,5). The van der Waals surface area contributed by atoms with Crippen LogP contribution in [0, 0.1) is 24.1 Å². The molecule has 132 valence electrons. The Hall–Kier alpha value is -2.43. The number of fused-ring (bicyclic) bond motifs is 3. The van der Waals surface area contributed by atoms with Crippen LogP contribution in [0.4, 0.5) is 5.82 Å². The minimum absolute atomic E-state index is 0.139. The summed E-state index contributed by atoms with van der Waals surface area (Å²) in [6, 6.07) is 9.77.